The Hall–Kier alpha value is 0.200. The molecule has 0 aromatic heterocycles. The molecule has 0 aliphatic carbocycles. The van der Waals surface area contributed by atoms with Gasteiger partial charge in [-0.15, -0.1) is 0 Å². The van der Waals surface area contributed by atoms with Gasteiger partial charge in [0.15, 0.2) is 0 Å². The molecule has 0 aliphatic rings. The molecule has 3 heteroatoms. The summed E-state index contributed by atoms with van der Waals surface area (Å²) in [6, 6.07) is 0. The van der Waals surface area contributed by atoms with Crippen LogP contribution in [0.25, 0.3) is 0 Å². The minimum atomic E-state index is -0.385. The normalized spacial score (nSPS) is 11.3. The molecule has 0 aromatic rings. The number of unbranched alkanes of at least 4 members (excludes halogenated alkanes) is 2. The highest BCUT2D eigenvalue weighted by atomic mass is 127. The van der Waals surface area contributed by atoms with Crippen molar-refractivity contribution in [2.75, 3.05) is 6.61 Å². The minimum Gasteiger partial charge on any atom is -0.465 e. The molecule has 0 aliphatic heterocycles. The van der Waals surface area contributed by atoms with Crippen LogP contribution < -0.4 is 0 Å². The van der Waals surface area contributed by atoms with Gasteiger partial charge < -0.3 is 4.74 Å². The molecule has 0 bridgehead atoms. The van der Waals surface area contributed by atoms with Crippen LogP contribution in [-0.2, 0) is 9.53 Å². The smallest absolute Gasteiger partial charge is 0.321 e. The van der Waals surface area contributed by atoms with Crippen molar-refractivity contribution in [2.24, 2.45) is 0 Å². The summed E-state index contributed by atoms with van der Waals surface area (Å²) in [7, 11) is 0. The Balaban J connectivity index is 3.45. The van der Waals surface area contributed by atoms with Gasteiger partial charge in [0.1, 0.15) is 3.42 Å². The van der Waals surface area contributed by atoms with E-state index in [1.807, 2.05) is 13.8 Å². The molecule has 0 radical (unpaired) electrons. The van der Waals surface area contributed by atoms with Gasteiger partial charge in [0, 0.05) is 0 Å². The second-order valence-corrected chi connectivity index (χ2v) is 6.01. The minimum absolute atomic E-state index is 0.112. The molecule has 12 heavy (non-hydrogen) atoms. The van der Waals surface area contributed by atoms with Gasteiger partial charge in [-0.3, -0.25) is 4.79 Å². The lowest BCUT2D eigenvalue weighted by Crippen LogP contribution is -2.26. The second-order valence-electron chi connectivity index (χ2n) is 3.32. The summed E-state index contributed by atoms with van der Waals surface area (Å²) < 4.78 is 4.68. The van der Waals surface area contributed by atoms with Crippen molar-refractivity contribution >= 4 is 28.6 Å². The first-order valence-electron chi connectivity index (χ1n) is 4.34. The van der Waals surface area contributed by atoms with Crippen molar-refractivity contribution in [3.05, 3.63) is 0 Å². The average molecular weight is 284 g/mol. The predicted octanol–water partition coefficient (Wildman–Crippen LogP) is 2.93. The maximum atomic E-state index is 11.2. The Morgan fingerprint density at radius 3 is 2.42 bits per heavy atom. The zero-order valence-corrected chi connectivity index (χ0v) is 10.2. The second kappa shape index (κ2) is 5.78. The van der Waals surface area contributed by atoms with E-state index in [-0.39, 0.29) is 9.39 Å². The number of ether oxygens (including phenoxy) is 1. The lowest BCUT2D eigenvalue weighted by Gasteiger charge is -2.14. The molecule has 0 saturated carbocycles. The molecule has 72 valence electrons. The number of hydrogen-bond donors (Lipinski definition) is 0. The van der Waals surface area contributed by atoms with Crippen molar-refractivity contribution in [2.45, 2.75) is 43.5 Å². The van der Waals surface area contributed by atoms with Gasteiger partial charge in [-0.25, -0.2) is 0 Å². The van der Waals surface area contributed by atoms with E-state index >= 15 is 0 Å². The predicted molar refractivity (Wildman–Crippen MR) is 58.6 cm³/mol. The number of esters is 1. The average Bonchev–Trinajstić information content (AvgIpc) is 1.96. The number of hydrogen-bond acceptors (Lipinski definition) is 2. The van der Waals surface area contributed by atoms with E-state index in [1.54, 1.807) is 0 Å². The molecule has 0 aromatic carbocycles. The van der Waals surface area contributed by atoms with E-state index in [9.17, 15) is 4.79 Å². The topological polar surface area (TPSA) is 26.3 Å². The van der Waals surface area contributed by atoms with Gasteiger partial charge in [0.2, 0.25) is 0 Å². The highest BCUT2D eigenvalue weighted by Gasteiger charge is 2.24. The monoisotopic (exact) mass is 284 g/mol. The molecule has 0 spiro atoms. The lowest BCUT2D eigenvalue weighted by molar-refractivity contribution is -0.145. The van der Waals surface area contributed by atoms with Gasteiger partial charge in [-0.2, -0.15) is 0 Å². The lowest BCUT2D eigenvalue weighted by atomic mass is 10.2. The summed E-state index contributed by atoms with van der Waals surface area (Å²) in [6.45, 7) is 6.41. The van der Waals surface area contributed by atoms with Crippen molar-refractivity contribution in [1.82, 2.24) is 0 Å². The molecule has 2 nitrogen and oxygen atoms in total. The molecule has 0 rings (SSSR count). The number of carbonyl (C=O) groups excluding carboxylic acids is 1. The van der Waals surface area contributed by atoms with E-state index in [2.05, 4.69) is 29.5 Å². The standard InChI is InChI=1S/C9H17IO2/c1-4-5-6-7-12-8(11)9(2,3)10/h4-7H2,1-3H3. The first-order chi connectivity index (χ1) is 5.48. The van der Waals surface area contributed by atoms with Gasteiger partial charge >= 0.3 is 5.97 Å². The maximum absolute atomic E-state index is 11.2. The van der Waals surface area contributed by atoms with Crippen LogP contribution in [0, 0.1) is 0 Å². The van der Waals surface area contributed by atoms with E-state index < -0.39 is 0 Å². The Morgan fingerprint density at radius 1 is 1.42 bits per heavy atom. The van der Waals surface area contributed by atoms with E-state index in [0.29, 0.717) is 6.61 Å². The highest BCUT2D eigenvalue weighted by Crippen LogP contribution is 2.18. The van der Waals surface area contributed by atoms with Crippen molar-refractivity contribution in [1.29, 1.82) is 0 Å². The van der Waals surface area contributed by atoms with Gasteiger partial charge in [0.05, 0.1) is 6.61 Å². The van der Waals surface area contributed by atoms with Gasteiger partial charge in [-0.1, -0.05) is 42.4 Å². The Kier molecular flexibility index (Phi) is 5.88. The summed E-state index contributed by atoms with van der Waals surface area (Å²) in [5.41, 5.74) is 0. The zero-order chi connectivity index (χ0) is 9.61. The molecule has 0 saturated heterocycles. The summed E-state index contributed by atoms with van der Waals surface area (Å²) in [5.74, 6) is -0.112. The van der Waals surface area contributed by atoms with Crippen LogP contribution in [0.15, 0.2) is 0 Å². The summed E-state index contributed by atoms with van der Waals surface area (Å²) in [4.78, 5) is 11.2. The van der Waals surface area contributed by atoms with Crippen LogP contribution in [0.1, 0.15) is 40.0 Å². The third-order valence-corrected chi connectivity index (χ3v) is 1.91. The van der Waals surface area contributed by atoms with Gasteiger partial charge in [0.25, 0.3) is 0 Å². The molecule has 0 unspecified atom stereocenters. The third-order valence-electron chi connectivity index (χ3n) is 1.47. The Bertz CT molecular complexity index is 138. The quantitative estimate of drug-likeness (QED) is 0.336. The van der Waals surface area contributed by atoms with Gasteiger partial charge in [-0.05, 0) is 20.3 Å². The van der Waals surface area contributed by atoms with E-state index in [1.165, 1.54) is 0 Å². The van der Waals surface area contributed by atoms with Crippen LogP contribution in [0.5, 0.6) is 0 Å². The first kappa shape index (κ1) is 12.2. The van der Waals surface area contributed by atoms with Crippen LogP contribution in [-0.4, -0.2) is 16.0 Å². The SMILES string of the molecule is CCCCCOC(=O)C(C)(C)I. The Morgan fingerprint density at radius 2 is 2.00 bits per heavy atom. The molecule has 0 atom stereocenters. The van der Waals surface area contributed by atoms with Crippen LogP contribution in [0.3, 0.4) is 0 Å². The summed E-state index contributed by atoms with van der Waals surface area (Å²) in [6.07, 6.45) is 3.27. The molecule has 0 fully saturated rings. The van der Waals surface area contributed by atoms with E-state index in [0.717, 1.165) is 19.3 Å². The number of alkyl halides is 1. The van der Waals surface area contributed by atoms with E-state index in [4.69, 9.17) is 4.74 Å². The van der Waals surface area contributed by atoms with Crippen LogP contribution >= 0.6 is 22.6 Å². The first-order valence-corrected chi connectivity index (χ1v) is 5.42. The summed E-state index contributed by atoms with van der Waals surface area (Å²) in [5, 5.41) is 0. The third kappa shape index (κ3) is 5.80. The fourth-order valence-electron chi connectivity index (χ4n) is 0.689. The van der Waals surface area contributed by atoms with Crippen LogP contribution in [0.4, 0.5) is 0 Å². The highest BCUT2D eigenvalue weighted by molar-refractivity contribution is 14.1. The molecular formula is C9H17IO2. The van der Waals surface area contributed by atoms with Crippen molar-refractivity contribution in [3.8, 4) is 0 Å². The van der Waals surface area contributed by atoms with Crippen LogP contribution in [0.2, 0.25) is 0 Å². The molecule has 0 N–H and O–H groups in total. The number of halogens is 1. The number of rotatable bonds is 5. The Labute approximate surface area is 88.2 Å². The fourth-order valence-corrected chi connectivity index (χ4v) is 0.844. The van der Waals surface area contributed by atoms with Crippen molar-refractivity contribution in [3.63, 3.8) is 0 Å². The maximum Gasteiger partial charge on any atom is 0.321 e. The molecule has 0 heterocycles. The summed E-state index contributed by atoms with van der Waals surface area (Å²) >= 11 is 2.09. The number of carbonyl (C=O) groups is 1. The largest absolute Gasteiger partial charge is 0.465 e. The van der Waals surface area contributed by atoms with Crippen molar-refractivity contribution < 1.29 is 9.53 Å². The fraction of sp³-hybridized carbons (Fsp3) is 0.889. The zero-order valence-electron chi connectivity index (χ0n) is 8.02. The molecule has 0 amide bonds. The molecular weight excluding hydrogens is 267 g/mol.